The van der Waals surface area contributed by atoms with Gasteiger partial charge in [0.15, 0.2) is 0 Å². The molecule has 2 aromatic rings. The summed E-state index contributed by atoms with van der Waals surface area (Å²) < 4.78 is 14.8. The van der Waals surface area contributed by atoms with Gasteiger partial charge in [0.25, 0.3) is 5.91 Å². The molecule has 0 aromatic heterocycles. The van der Waals surface area contributed by atoms with Crippen LogP contribution in [0.15, 0.2) is 42.0 Å². The molecule has 11 heteroatoms. The van der Waals surface area contributed by atoms with Crippen LogP contribution in [0.2, 0.25) is 0 Å². The van der Waals surface area contributed by atoms with Gasteiger partial charge in [-0.25, -0.2) is 4.79 Å². The van der Waals surface area contributed by atoms with Crippen molar-refractivity contribution in [1.82, 2.24) is 5.32 Å². The highest BCUT2D eigenvalue weighted by atomic mass is 16.6. The quantitative estimate of drug-likeness (QED) is 0.150. The molecule has 0 aliphatic carbocycles. The van der Waals surface area contributed by atoms with Crippen molar-refractivity contribution >= 4 is 40.5 Å². The lowest BCUT2D eigenvalue weighted by molar-refractivity contribution is -0.147. The van der Waals surface area contributed by atoms with Gasteiger partial charge in [0, 0.05) is 25.3 Å². The van der Waals surface area contributed by atoms with E-state index in [4.69, 9.17) is 20.3 Å². The Kier molecular flexibility index (Phi) is 14.5. The number of amides is 2. The Labute approximate surface area is 253 Å². The molecular formula is C32H44N4O7. The molecule has 1 atom stereocenters. The predicted molar refractivity (Wildman–Crippen MR) is 165 cm³/mol. The first-order valence-corrected chi connectivity index (χ1v) is 14.5. The standard InChI is InChI=1S/C27H33N3O5.C5H11NO2/c1-20(31)15-26(32)35-14-13-34-12-9-29-27(33)24(19-28)17-21-5-6-23-18-25(8-7-22(23)16-21)30-10-3-2-4-11-30;1-5(2,3)8-4(6)7/h5-8,16-18,20,31H,2-4,9-15H2,1H3,(H,29,33);1-3H3,(H2,6,7)/b24-17+;. The number of benzene rings is 2. The van der Waals surface area contributed by atoms with E-state index in [1.165, 1.54) is 31.9 Å². The summed E-state index contributed by atoms with van der Waals surface area (Å²) in [5.74, 6) is -0.961. The fourth-order valence-electron chi connectivity index (χ4n) is 4.26. The number of piperidine rings is 1. The Morgan fingerprint density at radius 1 is 1.07 bits per heavy atom. The van der Waals surface area contributed by atoms with Gasteiger partial charge in [-0.1, -0.05) is 18.2 Å². The van der Waals surface area contributed by atoms with E-state index in [2.05, 4.69) is 33.2 Å². The van der Waals surface area contributed by atoms with Crippen molar-refractivity contribution < 1.29 is 33.7 Å². The molecule has 3 rings (SSSR count). The number of rotatable bonds is 11. The van der Waals surface area contributed by atoms with E-state index >= 15 is 0 Å². The fourth-order valence-corrected chi connectivity index (χ4v) is 4.26. The molecular weight excluding hydrogens is 552 g/mol. The maximum Gasteiger partial charge on any atom is 0.405 e. The smallest absolute Gasteiger partial charge is 0.405 e. The highest BCUT2D eigenvalue weighted by Gasteiger charge is 2.13. The average molecular weight is 597 g/mol. The van der Waals surface area contributed by atoms with Crippen LogP contribution < -0.4 is 16.0 Å². The second-order valence-corrected chi connectivity index (χ2v) is 11.2. The first-order chi connectivity index (χ1) is 20.4. The summed E-state index contributed by atoms with van der Waals surface area (Å²) in [4.78, 5) is 36.1. The molecule has 2 amide bonds. The summed E-state index contributed by atoms with van der Waals surface area (Å²) in [6.45, 7) is 9.67. The lowest BCUT2D eigenvalue weighted by atomic mass is 10.0. The number of fused-ring (bicyclic) bond motifs is 1. The largest absolute Gasteiger partial charge is 0.463 e. The number of hydrogen-bond acceptors (Lipinski definition) is 9. The number of carbonyl (C=O) groups excluding carboxylic acids is 3. The molecule has 1 saturated heterocycles. The molecule has 2 aromatic carbocycles. The van der Waals surface area contributed by atoms with E-state index in [9.17, 15) is 19.6 Å². The minimum absolute atomic E-state index is 0.0151. The zero-order valence-electron chi connectivity index (χ0n) is 25.6. The van der Waals surface area contributed by atoms with Gasteiger partial charge < -0.3 is 35.3 Å². The third-order valence-electron chi connectivity index (χ3n) is 6.14. The number of anilines is 1. The molecule has 1 unspecified atom stereocenters. The van der Waals surface area contributed by atoms with E-state index in [1.807, 2.05) is 24.3 Å². The molecule has 4 N–H and O–H groups in total. The number of hydrogen-bond donors (Lipinski definition) is 3. The summed E-state index contributed by atoms with van der Waals surface area (Å²) in [7, 11) is 0. The SMILES string of the molecule is CC(C)(C)OC(N)=O.CC(O)CC(=O)OCCOCCNC(=O)/C(C#N)=C/c1ccc2cc(N3CCCCC3)ccc2c1. The van der Waals surface area contributed by atoms with Crippen LogP contribution in [0.1, 0.15) is 58.9 Å². The topological polar surface area (TPSA) is 164 Å². The van der Waals surface area contributed by atoms with E-state index < -0.39 is 29.7 Å². The lowest BCUT2D eigenvalue weighted by Crippen LogP contribution is -2.29. The van der Waals surface area contributed by atoms with Gasteiger partial charge >= 0.3 is 12.1 Å². The maximum atomic E-state index is 12.4. The molecule has 234 valence electrons. The number of nitrogens with two attached hydrogens (primary N) is 1. The second-order valence-electron chi connectivity index (χ2n) is 11.2. The Morgan fingerprint density at radius 3 is 2.35 bits per heavy atom. The summed E-state index contributed by atoms with van der Waals surface area (Å²) >= 11 is 0. The number of esters is 1. The number of primary amides is 1. The molecule has 0 saturated carbocycles. The molecule has 1 fully saturated rings. The number of nitriles is 1. The second kappa shape index (κ2) is 17.7. The van der Waals surface area contributed by atoms with Crippen molar-refractivity contribution in [3.05, 3.63) is 47.5 Å². The van der Waals surface area contributed by atoms with Crippen LogP contribution in [0.4, 0.5) is 10.5 Å². The number of nitrogens with zero attached hydrogens (tertiary/aromatic N) is 2. The molecule has 1 aliphatic heterocycles. The molecule has 11 nitrogen and oxygen atoms in total. The summed E-state index contributed by atoms with van der Waals surface area (Å²) in [6.07, 6.45) is 3.81. The number of ether oxygens (including phenoxy) is 3. The summed E-state index contributed by atoms with van der Waals surface area (Å²) in [5.41, 5.74) is 6.30. The van der Waals surface area contributed by atoms with Crippen molar-refractivity contribution in [3.63, 3.8) is 0 Å². The van der Waals surface area contributed by atoms with Crippen molar-refractivity contribution in [2.75, 3.05) is 44.4 Å². The third-order valence-corrected chi connectivity index (χ3v) is 6.14. The molecule has 1 heterocycles. The lowest BCUT2D eigenvalue weighted by Gasteiger charge is -2.29. The number of aliphatic hydroxyl groups is 1. The number of nitrogens with one attached hydrogen (secondary N) is 1. The minimum atomic E-state index is -0.743. The Balaban J connectivity index is 0.000000708. The summed E-state index contributed by atoms with van der Waals surface area (Å²) in [6, 6.07) is 14.3. The minimum Gasteiger partial charge on any atom is -0.463 e. The monoisotopic (exact) mass is 596 g/mol. The van der Waals surface area contributed by atoms with E-state index in [0.29, 0.717) is 0 Å². The number of carbonyl (C=O) groups is 3. The highest BCUT2D eigenvalue weighted by molar-refractivity contribution is 6.02. The predicted octanol–water partition coefficient (Wildman–Crippen LogP) is 4.06. The molecule has 1 aliphatic rings. The normalized spacial score (nSPS) is 14.1. The van der Waals surface area contributed by atoms with Crippen molar-refractivity contribution in [1.29, 1.82) is 5.26 Å². The van der Waals surface area contributed by atoms with Crippen LogP contribution in [0, 0.1) is 11.3 Å². The van der Waals surface area contributed by atoms with Gasteiger partial charge in [-0.15, -0.1) is 0 Å². The first kappa shape index (κ1) is 35.1. The van der Waals surface area contributed by atoms with Crippen molar-refractivity contribution in [2.24, 2.45) is 5.73 Å². The zero-order chi connectivity index (χ0) is 31.8. The van der Waals surface area contributed by atoms with E-state index in [0.717, 1.165) is 29.4 Å². The van der Waals surface area contributed by atoms with E-state index in [1.54, 1.807) is 26.8 Å². The molecule has 43 heavy (non-hydrogen) atoms. The van der Waals surface area contributed by atoms with Crippen LogP contribution >= 0.6 is 0 Å². The molecule has 0 radical (unpaired) electrons. The van der Waals surface area contributed by atoms with Gasteiger partial charge in [-0.2, -0.15) is 5.26 Å². The first-order valence-electron chi connectivity index (χ1n) is 14.5. The Morgan fingerprint density at radius 2 is 1.74 bits per heavy atom. The van der Waals surface area contributed by atoms with Crippen LogP contribution in [-0.2, 0) is 23.8 Å². The van der Waals surface area contributed by atoms with Crippen LogP contribution in [0.25, 0.3) is 16.8 Å². The van der Waals surface area contributed by atoms with Gasteiger partial charge in [-0.05, 0) is 87.6 Å². The van der Waals surface area contributed by atoms with Crippen LogP contribution in [0.5, 0.6) is 0 Å². The van der Waals surface area contributed by atoms with Gasteiger partial charge in [-0.3, -0.25) is 9.59 Å². The fraction of sp³-hybridized carbons (Fsp3) is 0.500. The van der Waals surface area contributed by atoms with Crippen molar-refractivity contribution in [3.8, 4) is 6.07 Å². The Bertz CT molecular complexity index is 1290. The maximum absolute atomic E-state index is 12.4. The summed E-state index contributed by atoms with van der Waals surface area (Å²) in [5, 5.41) is 23.4. The van der Waals surface area contributed by atoms with E-state index in [-0.39, 0.29) is 38.4 Å². The van der Waals surface area contributed by atoms with Crippen molar-refractivity contribution in [2.45, 2.75) is 65.1 Å². The average Bonchev–Trinajstić information content (AvgIpc) is 2.94. The van der Waals surface area contributed by atoms with Crippen LogP contribution in [-0.4, -0.2) is 74.2 Å². The molecule has 0 spiro atoms. The molecule has 0 bridgehead atoms. The highest BCUT2D eigenvalue weighted by Crippen LogP contribution is 2.26. The number of aliphatic hydroxyl groups excluding tert-OH is 1. The zero-order valence-corrected chi connectivity index (χ0v) is 25.6. The Hall–Kier alpha value is -4.14. The van der Waals surface area contributed by atoms with Crippen LogP contribution in [0.3, 0.4) is 0 Å². The van der Waals surface area contributed by atoms with Gasteiger partial charge in [0.05, 0.1) is 25.7 Å². The van der Waals surface area contributed by atoms with Gasteiger partial charge in [0.2, 0.25) is 0 Å². The van der Waals surface area contributed by atoms with Gasteiger partial charge in [0.1, 0.15) is 23.9 Å². The third kappa shape index (κ3) is 14.1.